The molecule has 32 heavy (non-hydrogen) atoms. The van der Waals surface area contributed by atoms with E-state index in [4.69, 9.17) is 5.73 Å². The lowest BCUT2D eigenvalue weighted by Gasteiger charge is -2.36. The lowest BCUT2D eigenvalue weighted by atomic mass is 10.0. The number of anilines is 1. The predicted molar refractivity (Wildman–Crippen MR) is 130 cm³/mol. The summed E-state index contributed by atoms with van der Waals surface area (Å²) in [5.74, 6) is 0.960. The van der Waals surface area contributed by atoms with Crippen molar-refractivity contribution in [1.82, 2.24) is 20.2 Å². The highest BCUT2D eigenvalue weighted by atomic mass is 16.1. The zero-order valence-electron chi connectivity index (χ0n) is 19.2. The molecule has 0 spiro atoms. The zero-order chi connectivity index (χ0) is 22.9. The van der Waals surface area contributed by atoms with Crippen LogP contribution in [0.4, 0.5) is 5.82 Å². The summed E-state index contributed by atoms with van der Waals surface area (Å²) in [5, 5.41) is 2.66. The van der Waals surface area contributed by atoms with E-state index in [0.29, 0.717) is 6.42 Å². The van der Waals surface area contributed by atoms with Crippen LogP contribution in [0.3, 0.4) is 0 Å². The lowest BCUT2D eigenvalue weighted by molar-refractivity contribution is -0.120. The summed E-state index contributed by atoms with van der Waals surface area (Å²) in [7, 11) is 3.45. The van der Waals surface area contributed by atoms with E-state index in [0.717, 1.165) is 73.1 Å². The van der Waals surface area contributed by atoms with Gasteiger partial charge in [0.2, 0.25) is 5.91 Å². The fraction of sp³-hybridized carbons (Fsp3) is 0.417. The van der Waals surface area contributed by atoms with Gasteiger partial charge in [0.1, 0.15) is 5.69 Å². The van der Waals surface area contributed by atoms with Crippen LogP contribution in [0.25, 0.3) is 11.3 Å². The first kappa shape index (κ1) is 23.4. The van der Waals surface area contributed by atoms with Crippen LogP contribution in [-0.4, -0.2) is 73.3 Å². The summed E-state index contributed by atoms with van der Waals surface area (Å²) in [6.45, 7) is 6.38. The van der Waals surface area contributed by atoms with E-state index in [1.807, 2.05) is 6.92 Å². The molecule has 0 saturated carbocycles. The van der Waals surface area contributed by atoms with Crippen molar-refractivity contribution < 1.29 is 4.79 Å². The molecule has 170 valence electrons. The number of benzene rings is 1. The molecule has 8 nitrogen and oxygen atoms in total. The molecule has 3 N–H and O–H groups in total. The highest BCUT2D eigenvalue weighted by Gasteiger charge is 2.22. The topological polar surface area (TPSA) is 99.7 Å². The van der Waals surface area contributed by atoms with Crippen LogP contribution in [-0.2, 0) is 11.2 Å². The van der Waals surface area contributed by atoms with Gasteiger partial charge in [-0.2, -0.15) is 0 Å². The molecule has 1 saturated heterocycles. The van der Waals surface area contributed by atoms with E-state index in [2.05, 4.69) is 54.3 Å². The number of aryl methyl sites for hydroxylation is 1. The maximum atomic E-state index is 11.5. The van der Waals surface area contributed by atoms with Gasteiger partial charge < -0.3 is 16.0 Å². The van der Waals surface area contributed by atoms with Gasteiger partial charge in [0, 0.05) is 88.7 Å². The van der Waals surface area contributed by atoms with Gasteiger partial charge in [0.25, 0.3) is 0 Å². The van der Waals surface area contributed by atoms with E-state index < -0.39 is 0 Å². The summed E-state index contributed by atoms with van der Waals surface area (Å²) in [6, 6.07) is 8.25. The van der Waals surface area contributed by atoms with Crippen molar-refractivity contribution in [3.63, 3.8) is 0 Å². The van der Waals surface area contributed by atoms with Crippen LogP contribution < -0.4 is 16.0 Å². The van der Waals surface area contributed by atoms with Gasteiger partial charge >= 0.3 is 0 Å². The Morgan fingerprint density at radius 1 is 1.16 bits per heavy atom. The Kier molecular flexibility index (Phi) is 8.33. The number of rotatable bonds is 8. The minimum Gasteiger partial charge on any atom is -0.404 e. The van der Waals surface area contributed by atoms with Crippen LogP contribution in [0.15, 0.2) is 53.4 Å². The third-order valence-corrected chi connectivity index (χ3v) is 5.89. The fourth-order valence-corrected chi connectivity index (χ4v) is 3.77. The van der Waals surface area contributed by atoms with Gasteiger partial charge in [-0.1, -0.05) is 24.3 Å². The van der Waals surface area contributed by atoms with Gasteiger partial charge in [-0.15, -0.1) is 0 Å². The van der Waals surface area contributed by atoms with Crippen molar-refractivity contribution in [3.8, 4) is 11.3 Å². The molecule has 0 aliphatic carbocycles. The van der Waals surface area contributed by atoms with Gasteiger partial charge in [-0.05, 0) is 18.9 Å². The number of aliphatic imine (C=N–C) groups is 1. The smallest absolute Gasteiger partial charge is 0.220 e. The molecule has 1 aromatic carbocycles. The molecule has 1 aromatic heterocycles. The first-order chi connectivity index (χ1) is 15.5. The molecule has 2 aromatic rings. The summed E-state index contributed by atoms with van der Waals surface area (Å²) >= 11 is 0. The number of nitrogens with one attached hydrogen (secondary N) is 1. The molecule has 0 unspecified atom stereocenters. The minimum absolute atomic E-state index is 0.0515. The molecule has 3 rings (SSSR count). The Hall–Kier alpha value is -3.26. The second-order valence-corrected chi connectivity index (χ2v) is 7.86. The van der Waals surface area contributed by atoms with Gasteiger partial charge in [-0.3, -0.25) is 19.7 Å². The first-order valence-corrected chi connectivity index (χ1v) is 11.0. The van der Waals surface area contributed by atoms with Gasteiger partial charge in [0.15, 0.2) is 5.82 Å². The molecule has 1 aliphatic heterocycles. The molecule has 8 heteroatoms. The number of aromatic nitrogens is 2. The van der Waals surface area contributed by atoms with Gasteiger partial charge in [-0.25, -0.2) is 4.98 Å². The number of carbonyl (C=O) groups is 1. The van der Waals surface area contributed by atoms with Crippen molar-refractivity contribution >= 4 is 17.4 Å². The van der Waals surface area contributed by atoms with Gasteiger partial charge in [0.05, 0.1) is 0 Å². The van der Waals surface area contributed by atoms with E-state index in [1.165, 1.54) is 0 Å². The Balaban J connectivity index is 1.67. The van der Waals surface area contributed by atoms with Crippen molar-refractivity contribution in [2.45, 2.75) is 19.8 Å². The van der Waals surface area contributed by atoms with Crippen LogP contribution in [0.2, 0.25) is 0 Å². The first-order valence-electron chi connectivity index (χ1n) is 11.0. The maximum absolute atomic E-state index is 11.5. The highest BCUT2D eigenvalue weighted by molar-refractivity contribution is 5.98. The number of hydrogen-bond donors (Lipinski definition) is 2. The Morgan fingerprint density at radius 2 is 1.84 bits per heavy atom. The summed E-state index contributed by atoms with van der Waals surface area (Å²) in [4.78, 5) is 29.7. The largest absolute Gasteiger partial charge is 0.404 e. The molecule has 1 amide bonds. The molecule has 0 bridgehead atoms. The summed E-state index contributed by atoms with van der Waals surface area (Å²) in [6.07, 6.45) is 6.35. The molecule has 1 fully saturated rings. The van der Waals surface area contributed by atoms with Crippen molar-refractivity contribution in [2.24, 2.45) is 10.7 Å². The third-order valence-electron chi connectivity index (χ3n) is 5.89. The van der Waals surface area contributed by atoms with E-state index in [-0.39, 0.29) is 5.91 Å². The molecule has 0 atom stereocenters. The standard InChI is InChI=1S/C24H33N7O/c1-18(26-2)21(16-25)17-30-12-14-31(15-13-30)24-23(28-10-11-29-24)20-7-4-19(5-8-20)6-9-22(32)27-3/h4-5,7-8,10-11,16H,6,9,12-15,17,25H2,1-3H3,(H,27,32)/b21-16-,26-18?. The highest BCUT2D eigenvalue weighted by Crippen LogP contribution is 2.28. The Morgan fingerprint density at radius 3 is 2.47 bits per heavy atom. The number of piperazine rings is 1. The van der Waals surface area contributed by atoms with E-state index in [9.17, 15) is 4.79 Å². The molecular formula is C24H33N7O. The third kappa shape index (κ3) is 5.91. The second kappa shape index (κ2) is 11.4. The average molecular weight is 436 g/mol. The second-order valence-electron chi connectivity index (χ2n) is 7.86. The number of carbonyl (C=O) groups excluding carboxylic acids is 1. The van der Waals surface area contributed by atoms with Crippen LogP contribution in [0, 0.1) is 0 Å². The lowest BCUT2D eigenvalue weighted by Crippen LogP contribution is -2.47. The Bertz CT molecular complexity index is 961. The van der Waals surface area contributed by atoms with Crippen molar-refractivity contribution in [1.29, 1.82) is 0 Å². The number of nitrogens with zero attached hydrogens (tertiary/aromatic N) is 5. The SMILES string of the molecule is CN=C(C)/C(=C\N)CN1CCN(c2nccnc2-c2ccc(CCC(=O)NC)cc2)CC1. The van der Waals surface area contributed by atoms with Crippen LogP contribution in [0.5, 0.6) is 0 Å². The zero-order valence-corrected chi connectivity index (χ0v) is 19.2. The van der Waals surface area contributed by atoms with Crippen molar-refractivity contribution in [3.05, 3.63) is 54.0 Å². The minimum atomic E-state index is 0.0515. The normalized spacial score (nSPS) is 15.7. The van der Waals surface area contributed by atoms with Crippen LogP contribution in [0.1, 0.15) is 18.9 Å². The maximum Gasteiger partial charge on any atom is 0.220 e. The average Bonchev–Trinajstić information content (AvgIpc) is 2.86. The monoisotopic (exact) mass is 435 g/mol. The predicted octanol–water partition coefficient (Wildman–Crippen LogP) is 1.88. The molecule has 0 radical (unpaired) electrons. The summed E-state index contributed by atoms with van der Waals surface area (Å²) < 4.78 is 0. The number of nitrogens with two attached hydrogens (primary N) is 1. The fourth-order valence-electron chi connectivity index (χ4n) is 3.77. The molecular weight excluding hydrogens is 402 g/mol. The quantitative estimate of drug-likeness (QED) is 0.614. The Labute approximate surface area is 190 Å². The van der Waals surface area contributed by atoms with E-state index >= 15 is 0 Å². The van der Waals surface area contributed by atoms with Crippen LogP contribution >= 0.6 is 0 Å². The molecule has 1 aliphatic rings. The van der Waals surface area contributed by atoms with E-state index in [1.54, 1.807) is 32.7 Å². The van der Waals surface area contributed by atoms with Crippen molar-refractivity contribution in [2.75, 3.05) is 51.7 Å². The summed E-state index contributed by atoms with van der Waals surface area (Å²) in [5.41, 5.74) is 10.9. The number of amides is 1. The number of hydrogen-bond acceptors (Lipinski definition) is 7. The molecule has 2 heterocycles.